The van der Waals surface area contributed by atoms with Crippen LogP contribution in [0.5, 0.6) is 11.5 Å². The van der Waals surface area contributed by atoms with Crippen LogP contribution in [0.25, 0.3) is 10.8 Å². The molecule has 6 N–H and O–H groups in total. The number of amides is 2. The van der Waals surface area contributed by atoms with Crippen molar-refractivity contribution >= 4 is 55.6 Å². The second-order valence-electron chi connectivity index (χ2n) is 10.2. The van der Waals surface area contributed by atoms with Crippen molar-refractivity contribution in [1.82, 2.24) is 10.3 Å². The van der Waals surface area contributed by atoms with Gasteiger partial charge in [-0.25, -0.2) is 18.2 Å². The number of sulfone groups is 1. The first-order valence-electron chi connectivity index (χ1n) is 14.3. The number of nitrogens with two attached hydrogens (primary N) is 1. The van der Waals surface area contributed by atoms with E-state index in [9.17, 15) is 31.2 Å². The second kappa shape index (κ2) is 16.0. The number of aliphatic carboxylic acids is 1. The number of halogens is 3. The number of nitrogen functional groups attached to an aromatic ring is 1. The van der Waals surface area contributed by atoms with Gasteiger partial charge >= 0.3 is 12.1 Å². The Balaban J connectivity index is 0.000000838. The Kier molecular flexibility index (Phi) is 12.4. The molecule has 4 rings (SSSR count). The molecule has 0 saturated heterocycles. The van der Waals surface area contributed by atoms with Gasteiger partial charge in [-0.2, -0.15) is 13.2 Å². The van der Waals surface area contributed by atoms with Gasteiger partial charge < -0.3 is 36.3 Å². The number of carboxylic acid groups (broad SMARTS) is 1. The Morgan fingerprint density at radius 3 is 2.24 bits per heavy atom. The van der Waals surface area contributed by atoms with Gasteiger partial charge in [-0.05, 0) is 71.6 Å². The quantitative estimate of drug-likeness (QED) is 0.145. The molecule has 0 saturated carbocycles. The van der Waals surface area contributed by atoms with E-state index in [1.54, 1.807) is 43.5 Å². The zero-order chi connectivity index (χ0) is 36.5. The lowest BCUT2D eigenvalue weighted by Crippen LogP contribution is -2.34. The van der Waals surface area contributed by atoms with Gasteiger partial charge in [0, 0.05) is 42.0 Å². The van der Waals surface area contributed by atoms with Gasteiger partial charge in [0.25, 0.3) is 0 Å². The zero-order valence-electron chi connectivity index (χ0n) is 26.7. The molecule has 1 unspecified atom stereocenters. The predicted octanol–water partition coefficient (Wildman–Crippen LogP) is 4.69. The van der Waals surface area contributed by atoms with Crippen LogP contribution < -0.4 is 31.2 Å². The number of aromatic nitrogens is 1. The van der Waals surface area contributed by atoms with Crippen LogP contribution in [0, 0.1) is 0 Å². The number of carbonyl (C=O) groups excluding carboxylic acids is 2. The molecule has 0 bridgehead atoms. The summed E-state index contributed by atoms with van der Waals surface area (Å²) >= 11 is 0. The number of carboxylic acids is 1. The van der Waals surface area contributed by atoms with Crippen molar-refractivity contribution in [2.75, 3.05) is 36.3 Å². The van der Waals surface area contributed by atoms with Crippen LogP contribution in [0.1, 0.15) is 31.0 Å². The van der Waals surface area contributed by atoms with Crippen molar-refractivity contribution in [1.29, 1.82) is 0 Å². The molecule has 0 aliphatic heterocycles. The first kappa shape index (κ1) is 37.9. The number of hydrogen-bond acceptors (Lipinski definition) is 10. The first-order valence-corrected chi connectivity index (χ1v) is 16.0. The summed E-state index contributed by atoms with van der Waals surface area (Å²) in [6.45, 7) is 2.78. The number of carbonyl (C=O) groups is 3. The smallest absolute Gasteiger partial charge is 0.490 e. The monoisotopic (exact) mass is 705 g/mol. The molecule has 1 aromatic heterocycles. The lowest BCUT2D eigenvalue weighted by molar-refractivity contribution is -0.192. The minimum Gasteiger partial charge on any atom is -0.497 e. The van der Waals surface area contributed by atoms with Gasteiger partial charge in [-0.1, -0.05) is 6.92 Å². The third-order valence-corrected chi connectivity index (χ3v) is 8.74. The lowest BCUT2D eigenvalue weighted by Gasteiger charge is -2.23. The maximum atomic E-state index is 13.9. The van der Waals surface area contributed by atoms with Crippen molar-refractivity contribution in [2.24, 2.45) is 0 Å². The Morgan fingerprint density at radius 1 is 0.980 bits per heavy atom. The molecule has 0 radical (unpaired) electrons. The summed E-state index contributed by atoms with van der Waals surface area (Å²) in [5.74, 6) is -2.30. The first-order chi connectivity index (χ1) is 23.0. The largest absolute Gasteiger partial charge is 0.497 e. The van der Waals surface area contributed by atoms with E-state index in [4.69, 9.17) is 25.1 Å². The van der Waals surface area contributed by atoms with Crippen LogP contribution in [0.4, 0.5) is 30.4 Å². The highest BCUT2D eigenvalue weighted by atomic mass is 32.2. The molecule has 0 aliphatic rings. The van der Waals surface area contributed by atoms with Crippen LogP contribution in [-0.2, 0) is 30.8 Å². The van der Waals surface area contributed by atoms with E-state index in [1.165, 1.54) is 33.3 Å². The SMILES string of the molecule is CCS(=O)(=O)c1ccc(NC(C)=O)cc1CNC(=O)C(Nc1ccc2c(N)nccc2c1)c1cc(OC)ccc1OC.O=C(O)C(F)(F)F. The van der Waals surface area contributed by atoms with Crippen molar-refractivity contribution in [3.8, 4) is 11.5 Å². The molecule has 1 atom stereocenters. The molecule has 2 amide bonds. The summed E-state index contributed by atoms with van der Waals surface area (Å²) in [5.41, 5.74) is 7.88. The van der Waals surface area contributed by atoms with Crippen LogP contribution in [-0.4, -0.2) is 62.4 Å². The summed E-state index contributed by atoms with van der Waals surface area (Å²) in [6, 6.07) is 15.9. The van der Waals surface area contributed by atoms with Crippen LogP contribution in [0.2, 0.25) is 0 Å². The number of fused-ring (bicyclic) bond motifs is 1. The molecule has 0 spiro atoms. The van der Waals surface area contributed by atoms with Crippen molar-refractivity contribution < 1.29 is 50.6 Å². The minimum absolute atomic E-state index is 0.0728. The van der Waals surface area contributed by atoms with Crippen LogP contribution in [0.15, 0.2) is 71.8 Å². The minimum atomic E-state index is -5.08. The van der Waals surface area contributed by atoms with Crippen molar-refractivity contribution in [2.45, 2.75) is 37.5 Å². The number of alkyl halides is 3. The predicted molar refractivity (Wildman–Crippen MR) is 176 cm³/mol. The highest BCUT2D eigenvalue weighted by Crippen LogP contribution is 2.33. The average molecular weight is 706 g/mol. The number of rotatable bonds is 11. The normalized spacial score (nSPS) is 11.8. The van der Waals surface area contributed by atoms with E-state index < -0.39 is 33.9 Å². The number of pyridine rings is 1. The molecule has 17 heteroatoms. The summed E-state index contributed by atoms with van der Waals surface area (Å²) in [6.07, 6.45) is -3.48. The maximum Gasteiger partial charge on any atom is 0.490 e. The maximum absolute atomic E-state index is 13.9. The van der Waals surface area contributed by atoms with E-state index >= 15 is 0 Å². The number of anilines is 3. The highest BCUT2D eigenvalue weighted by Gasteiger charge is 2.38. The molecule has 13 nitrogen and oxygen atoms in total. The molecule has 262 valence electrons. The van der Waals surface area contributed by atoms with E-state index in [2.05, 4.69) is 20.9 Å². The number of nitrogens with zero attached hydrogens (tertiary/aromatic N) is 1. The number of methoxy groups -OCH3 is 2. The number of nitrogens with one attached hydrogen (secondary N) is 3. The van der Waals surface area contributed by atoms with Gasteiger partial charge in [-0.3, -0.25) is 9.59 Å². The molecular weight excluding hydrogens is 671 g/mol. The molecule has 49 heavy (non-hydrogen) atoms. The zero-order valence-corrected chi connectivity index (χ0v) is 27.5. The van der Waals surface area contributed by atoms with E-state index in [0.29, 0.717) is 39.8 Å². The van der Waals surface area contributed by atoms with E-state index in [-0.39, 0.29) is 23.1 Å². The van der Waals surface area contributed by atoms with Gasteiger partial charge in [-0.15, -0.1) is 0 Å². The summed E-state index contributed by atoms with van der Waals surface area (Å²) < 4.78 is 68.4. The standard InChI is InChI=1S/C30H33N5O6S.C2HF3O2/c1-5-42(38,39)27-11-7-21(34-18(2)36)15-20(27)17-33-30(37)28(25-16-23(40-3)8-10-26(25)41-4)35-22-6-9-24-19(14-22)12-13-32-29(24)31;3-2(4,5)1(6)7/h6-16,28,35H,5,17H2,1-4H3,(H2,31,32)(H,33,37)(H,34,36);(H,6,7). The van der Waals surface area contributed by atoms with Crippen molar-refractivity contribution in [3.63, 3.8) is 0 Å². The fourth-order valence-electron chi connectivity index (χ4n) is 4.55. The Bertz CT molecular complexity index is 1960. The number of ether oxygens (including phenoxy) is 2. The number of hydrogen-bond donors (Lipinski definition) is 5. The fraction of sp³-hybridized carbons (Fsp3) is 0.250. The summed E-state index contributed by atoms with van der Waals surface area (Å²) in [5, 5.41) is 17.5. The fourth-order valence-corrected chi connectivity index (χ4v) is 5.67. The third kappa shape index (κ3) is 9.96. The lowest BCUT2D eigenvalue weighted by atomic mass is 10.0. The molecule has 4 aromatic rings. The molecule has 1 heterocycles. The number of benzene rings is 3. The van der Waals surface area contributed by atoms with E-state index in [1.807, 2.05) is 18.2 Å². The Morgan fingerprint density at radius 2 is 1.65 bits per heavy atom. The summed E-state index contributed by atoms with van der Waals surface area (Å²) in [7, 11) is -0.595. The topological polar surface area (TPSA) is 199 Å². The average Bonchev–Trinajstić information content (AvgIpc) is 3.05. The van der Waals surface area contributed by atoms with Gasteiger partial charge in [0.05, 0.1) is 24.9 Å². The second-order valence-corrected chi connectivity index (χ2v) is 12.5. The molecule has 0 fully saturated rings. The molecular formula is C32H34F3N5O8S. The molecule has 0 aliphatic carbocycles. The van der Waals surface area contributed by atoms with Gasteiger partial charge in [0.1, 0.15) is 23.4 Å². The van der Waals surface area contributed by atoms with E-state index in [0.717, 1.165) is 10.8 Å². The highest BCUT2D eigenvalue weighted by molar-refractivity contribution is 7.91. The Hall–Kier alpha value is -5.58. The van der Waals surface area contributed by atoms with Gasteiger partial charge in [0.2, 0.25) is 11.8 Å². The van der Waals surface area contributed by atoms with Crippen LogP contribution >= 0.6 is 0 Å². The van der Waals surface area contributed by atoms with Gasteiger partial charge in [0.15, 0.2) is 9.84 Å². The van der Waals surface area contributed by atoms with Crippen LogP contribution in [0.3, 0.4) is 0 Å². The summed E-state index contributed by atoms with van der Waals surface area (Å²) in [4.78, 5) is 38.6. The third-order valence-electron chi connectivity index (χ3n) is 6.91. The Labute approximate surface area is 279 Å². The molecule has 3 aromatic carbocycles. The van der Waals surface area contributed by atoms with Crippen molar-refractivity contribution in [3.05, 3.63) is 78.0 Å².